The van der Waals surface area contributed by atoms with Gasteiger partial charge in [-0.15, -0.1) is 0 Å². The summed E-state index contributed by atoms with van der Waals surface area (Å²) in [7, 11) is 1.87. The summed E-state index contributed by atoms with van der Waals surface area (Å²) < 4.78 is 21.4. The van der Waals surface area contributed by atoms with Crippen molar-refractivity contribution in [3.05, 3.63) is 82.8 Å². The van der Waals surface area contributed by atoms with Crippen molar-refractivity contribution in [1.29, 1.82) is 0 Å². The van der Waals surface area contributed by atoms with Crippen molar-refractivity contribution in [1.82, 2.24) is 20.1 Å². The van der Waals surface area contributed by atoms with E-state index in [-0.39, 0.29) is 24.2 Å². The number of oxazole rings is 1. The summed E-state index contributed by atoms with van der Waals surface area (Å²) in [6.45, 7) is 3.88. The molecular formula is C22H21FN4O2. The van der Waals surface area contributed by atoms with Crippen LogP contribution in [-0.4, -0.2) is 20.7 Å². The summed E-state index contributed by atoms with van der Waals surface area (Å²) in [5, 5.41) is 7.20. The second-order valence-corrected chi connectivity index (χ2v) is 7.06. The molecule has 4 rings (SSSR count). The highest BCUT2D eigenvalue weighted by molar-refractivity contribution is 5.97. The number of aryl methyl sites for hydroxylation is 1. The van der Waals surface area contributed by atoms with Crippen LogP contribution in [0.4, 0.5) is 4.39 Å². The third-order valence-electron chi connectivity index (χ3n) is 5.08. The normalized spacial score (nSPS) is 12.3. The van der Waals surface area contributed by atoms with Gasteiger partial charge in [0.15, 0.2) is 11.5 Å². The van der Waals surface area contributed by atoms with Crippen LogP contribution in [0.1, 0.15) is 46.0 Å². The molecule has 2 aromatic carbocycles. The molecule has 0 spiro atoms. The Morgan fingerprint density at radius 3 is 2.79 bits per heavy atom. The van der Waals surface area contributed by atoms with Crippen LogP contribution >= 0.6 is 0 Å². The topological polar surface area (TPSA) is 73.0 Å². The first-order valence-corrected chi connectivity index (χ1v) is 9.34. The molecule has 0 aliphatic heterocycles. The SMILES string of the molecule is Cc1c([C@H](C)NC(=O)c2ccc3nc(Cc4ccccc4F)oc3c2)cnn1C. The second-order valence-electron chi connectivity index (χ2n) is 7.06. The highest BCUT2D eigenvalue weighted by Gasteiger charge is 2.17. The zero-order valence-electron chi connectivity index (χ0n) is 16.4. The van der Waals surface area contributed by atoms with Gasteiger partial charge < -0.3 is 9.73 Å². The number of hydrogen-bond donors (Lipinski definition) is 1. The predicted molar refractivity (Wildman–Crippen MR) is 107 cm³/mol. The lowest BCUT2D eigenvalue weighted by Crippen LogP contribution is -2.26. The minimum absolute atomic E-state index is 0.182. The first-order chi connectivity index (χ1) is 13.9. The van der Waals surface area contributed by atoms with E-state index in [0.29, 0.717) is 28.1 Å². The molecule has 7 heteroatoms. The van der Waals surface area contributed by atoms with E-state index in [1.165, 1.54) is 6.07 Å². The maximum Gasteiger partial charge on any atom is 0.251 e. The monoisotopic (exact) mass is 392 g/mol. The van der Waals surface area contributed by atoms with Gasteiger partial charge in [0.2, 0.25) is 0 Å². The molecule has 4 aromatic rings. The number of benzene rings is 2. The molecule has 0 aliphatic carbocycles. The Labute approximate surface area is 167 Å². The number of hydrogen-bond acceptors (Lipinski definition) is 4. The first kappa shape index (κ1) is 18.9. The van der Waals surface area contributed by atoms with Crippen molar-refractivity contribution in [2.75, 3.05) is 0 Å². The number of nitrogens with one attached hydrogen (secondary N) is 1. The molecule has 6 nitrogen and oxygen atoms in total. The Morgan fingerprint density at radius 2 is 2.07 bits per heavy atom. The van der Waals surface area contributed by atoms with E-state index in [9.17, 15) is 9.18 Å². The first-order valence-electron chi connectivity index (χ1n) is 9.34. The van der Waals surface area contributed by atoms with E-state index in [1.54, 1.807) is 47.3 Å². The third-order valence-corrected chi connectivity index (χ3v) is 5.08. The van der Waals surface area contributed by atoms with E-state index >= 15 is 0 Å². The fraction of sp³-hybridized carbons (Fsp3) is 0.227. The number of aromatic nitrogens is 3. The van der Waals surface area contributed by atoms with Crippen LogP contribution in [0.2, 0.25) is 0 Å². The number of nitrogens with zero attached hydrogens (tertiary/aromatic N) is 3. The minimum atomic E-state index is -0.297. The van der Waals surface area contributed by atoms with Gasteiger partial charge in [-0.05, 0) is 43.7 Å². The van der Waals surface area contributed by atoms with Crippen LogP contribution in [0, 0.1) is 12.7 Å². The van der Waals surface area contributed by atoms with Gasteiger partial charge in [-0.3, -0.25) is 9.48 Å². The van der Waals surface area contributed by atoms with Gasteiger partial charge in [0, 0.05) is 23.9 Å². The summed E-state index contributed by atoms with van der Waals surface area (Å²) in [6.07, 6.45) is 2.01. The largest absolute Gasteiger partial charge is 0.440 e. The Bertz CT molecular complexity index is 1190. The van der Waals surface area contributed by atoms with Gasteiger partial charge in [-0.2, -0.15) is 5.10 Å². The molecule has 148 valence electrons. The highest BCUT2D eigenvalue weighted by Crippen LogP contribution is 2.22. The molecule has 0 unspecified atom stereocenters. The maximum atomic E-state index is 13.9. The number of rotatable bonds is 5. The third kappa shape index (κ3) is 3.76. The van der Waals surface area contributed by atoms with Gasteiger partial charge in [-0.25, -0.2) is 9.37 Å². The maximum absolute atomic E-state index is 13.9. The Kier molecular flexibility index (Phi) is 4.88. The number of amides is 1. The van der Waals surface area contributed by atoms with Gasteiger partial charge in [0.05, 0.1) is 18.7 Å². The number of halogens is 1. The molecule has 2 heterocycles. The quantitative estimate of drug-likeness (QED) is 0.555. The van der Waals surface area contributed by atoms with Gasteiger partial charge in [0.25, 0.3) is 5.91 Å². The van der Waals surface area contributed by atoms with Crippen molar-refractivity contribution in [3.63, 3.8) is 0 Å². The van der Waals surface area contributed by atoms with Crippen molar-refractivity contribution in [2.45, 2.75) is 26.3 Å². The van der Waals surface area contributed by atoms with Crippen LogP contribution in [0.15, 0.2) is 53.1 Å². The Morgan fingerprint density at radius 1 is 1.28 bits per heavy atom. The molecule has 0 bridgehead atoms. The van der Waals surface area contributed by atoms with E-state index in [0.717, 1.165) is 11.3 Å². The molecule has 0 fully saturated rings. The molecule has 1 atom stereocenters. The molecular weight excluding hydrogens is 371 g/mol. The average molecular weight is 392 g/mol. The van der Waals surface area contributed by atoms with E-state index < -0.39 is 0 Å². The summed E-state index contributed by atoms with van der Waals surface area (Å²) in [6, 6.07) is 11.4. The Hall–Kier alpha value is -3.48. The summed E-state index contributed by atoms with van der Waals surface area (Å²) >= 11 is 0. The fourth-order valence-corrected chi connectivity index (χ4v) is 3.29. The van der Waals surface area contributed by atoms with Crippen LogP contribution in [0.25, 0.3) is 11.1 Å². The standard InChI is InChI=1S/C22H21FN4O2/c1-13(17-12-24-27(3)14(17)2)25-22(28)16-8-9-19-20(10-16)29-21(26-19)11-15-6-4-5-7-18(15)23/h4-10,12-13H,11H2,1-3H3,(H,25,28)/t13-/m0/s1. The number of carbonyl (C=O) groups is 1. The average Bonchev–Trinajstić information content (AvgIpc) is 3.25. The zero-order valence-corrected chi connectivity index (χ0v) is 16.4. The molecule has 0 aliphatic rings. The lowest BCUT2D eigenvalue weighted by Gasteiger charge is -2.13. The van der Waals surface area contributed by atoms with Crippen LogP contribution in [0.5, 0.6) is 0 Å². The molecule has 2 aromatic heterocycles. The van der Waals surface area contributed by atoms with Crippen LogP contribution in [0.3, 0.4) is 0 Å². The fourth-order valence-electron chi connectivity index (χ4n) is 3.29. The molecule has 0 saturated heterocycles. The van der Waals surface area contributed by atoms with E-state index in [4.69, 9.17) is 4.42 Å². The van der Waals surface area contributed by atoms with Crippen molar-refractivity contribution < 1.29 is 13.6 Å². The lowest BCUT2D eigenvalue weighted by atomic mass is 10.1. The lowest BCUT2D eigenvalue weighted by molar-refractivity contribution is 0.0940. The number of fused-ring (bicyclic) bond motifs is 1. The predicted octanol–water partition coefficient (Wildman–Crippen LogP) is 4.09. The molecule has 1 amide bonds. The smallest absolute Gasteiger partial charge is 0.251 e. The van der Waals surface area contributed by atoms with Crippen molar-refractivity contribution >= 4 is 17.0 Å². The van der Waals surface area contributed by atoms with Gasteiger partial charge in [0.1, 0.15) is 11.3 Å². The Balaban J connectivity index is 1.53. The summed E-state index contributed by atoms with van der Waals surface area (Å²) in [5.41, 5.74) is 4.07. The van der Waals surface area contributed by atoms with Gasteiger partial charge >= 0.3 is 0 Å². The molecule has 1 N–H and O–H groups in total. The zero-order chi connectivity index (χ0) is 20.5. The second kappa shape index (κ2) is 7.50. The van der Waals surface area contributed by atoms with E-state index in [2.05, 4.69) is 15.4 Å². The van der Waals surface area contributed by atoms with Crippen LogP contribution in [-0.2, 0) is 13.5 Å². The van der Waals surface area contributed by atoms with Gasteiger partial charge in [-0.1, -0.05) is 18.2 Å². The van der Waals surface area contributed by atoms with Crippen LogP contribution < -0.4 is 5.32 Å². The number of carbonyl (C=O) groups excluding carboxylic acids is 1. The van der Waals surface area contributed by atoms with Crippen molar-refractivity contribution in [2.24, 2.45) is 7.05 Å². The van der Waals surface area contributed by atoms with Crippen molar-refractivity contribution in [3.8, 4) is 0 Å². The minimum Gasteiger partial charge on any atom is -0.440 e. The summed E-state index contributed by atoms with van der Waals surface area (Å²) in [4.78, 5) is 17.1. The highest BCUT2D eigenvalue weighted by atomic mass is 19.1. The summed E-state index contributed by atoms with van der Waals surface area (Å²) in [5.74, 6) is -0.105. The molecule has 0 saturated carbocycles. The van der Waals surface area contributed by atoms with E-state index in [1.807, 2.05) is 20.9 Å². The molecule has 0 radical (unpaired) electrons. The molecule has 29 heavy (non-hydrogen) atoms.